The number of amides is 1. The van der Waals surface area contributed by atoms with E-state index in [9.17, 15) is 13.2 Å². The number of hydrogen-bond acceptors (Lipinski definition) is 4. The highest BCUT2D eigenvalue weighted by Gasteiger charge is 2.28. The van der Waals surface area contributed by atoms with Crippen molar-refractivity contribution in [1.29, 1.82) is 0 Å². The third-order valence-corrected chi connectivity index (χ3v) is 5.65. The maximum atomic E-state index is 12.7. The first kappa shape index (κ1) is 17.6. The molecule has 1 amide bonds. The normalized spacial score (nSPS) is 14.4. The van der Waals surface area contributed by atoms with Crippen molar-refractivity contribution in [3.8, 4) is 5.75 Å². The summed E-state index contributed by atoms with van der Waals surface area (Å²) in [6.07, 6.45) is 1.47. The number of aromatic nitrogens is 1. The van der Waals surface area contributed by atoms with Crippen molar-refractivity contribution in [2.24, 2.45) is 0 Å². The van der Waals surface area contributed by atoms with Crippen LogP contribution in [0, 0.1) is 0 Å². The van der Waals surface area contributed by atoms with Gasteiger partial charge in [-0.1, -0.05) is 11.6 Å². The van der Waals surface area contributed by atoms with Crippen LogP contribution in [0.25, 0.3) is 0 Å². The van der Waals surface area contributed by atoms with Crippen LogP contribution in [0.3, 0.4) is 0 Å². The summed E-state index contributed by atoms with van der Waals surface area (Å²) in [6.45, 7) is 3.60. The molecule has 9 heteroatoms. The Kier molecular flexibility index (Phi) is 4.66. The minimum Gasteiger partial charge on any atom is -0.495 e. The molecule has 134 valence electrons. The summed E-state index contributed by atoms with van der Waals surface area (Å²) in [7, 11) is -2.44. The highest BCUT2D eigenvalue weighted by molar-refractivity contribution is 7.92. The van der Waals surface area contributed by atoms with E-state index in [1.54, 1.807) is 21.6 Å². The number of methoxy groups -OCH3 is 1. The van der Waals surface area contributed by atoms with Gasteiger partial charge in [-0.3, -0.25) is 9.52 Å². The van der Waals surface area contributed by atoms with Gasteiger partial charge in [0.1, 0.15) is 16.3 Å². The van der Waals surface area contributed by atoms with Gasteiger partial charge in [0.25, 0.3) is 15.9 Å². The number of carbonyl (C=O) groups is 1. The van der Waals surface area contributed by atoms with Crippen molar-refractivity contribution in [3.05, 3.63) is 41.2 Å². The number of halogens is 1. The standard InChI is InChI=1S/C16H18ClN3O4S/c1-3-19-6-7-20-10-12(9-14(20)16(19)21)25(22,23)18-13-8-11(17)4-5-15(13)24-2/h4-5,8-10,18H,3,6-7H2,1-2H3. The number of likely N-dealkylation sites (N-methyl/N-ethyl adjacent to an activating group) is 1. The molecule has 0 bridgehead atoms. The van der Waals surface area contributed by atoms with Crippen LogP contribution in [0.2, 0.25) is 5.02 Å². The number of ether oxygens (including phenoxy) is 1. The molecule has 0 unspecified atom stereocenters. The van der Waals surface area contributed by atoms with Crippen LogP contribution < -0.4 is 9.46 Å². The summed E-state index contributed by atoms with van der Waals surface area (Å²) < 4.78 is 34.7. The first-order valence-corrected chi connectivity index (χ1v) is 9.57. The maximum absolute atomic E-state index is 12.7. The number of hydrogen-bond donors (Lipinski definition) is 1. The average Bonchev–Trinajstić information content (AvgIpc) is 3.01. The van der Waals surface area contributed by atoms with E-state index in [0.717, 1.165) is 0 Å². The van der Waals surface area contributed by atoms with Crippen LogP contribution in [0.5, 0.6) is 5.75 Å². The Hall–Kier alpha value is -2.19. The van der Waals surface area contributed by atoms with E-state index in [0.29, 0.717) is 36.1 Å². The Morgan fingerprint density at radius 2 is 2.04 bits per heavy atom. The first-order chi connectivity index (χ1) is 11.9. The van der Waals surface area contributed by atoms with Crippen molar-refractivity contribution in [2.75, 3.05) is 24.9 Å². The van der Waals surface area contributed by atoms with Gasteiger partial charge in [0, 0.05) is 30.9 Å². The lowest BCUT2D eigenvalue weighted by Crippen LogP contribution is -2.39. The zero-order chi connectivity index (χ0) is 18.2. The Morgan fingerprint density at radius 3 is 2.72 bits per heavy atom. The van der Waals surface area contributed by atoms with Crippen molar-refractivity contribution in [3.63, 3.8) is 0 Å². The average molecular weight is 384 g/mol. The Bertz CT molecular complexity index is 923. The van der Waals surface area contributed by atoms with Crippen molar-refractivity contribution in [2.45, 2.75) is 18.4 Å². The molecular formula is C16H18ClN3O4S. The van der Waals surface area contributed by atoms with Gasteiger partial charge < -0.3 is 14.2 Å². The minimum absolute atomic E-state index is 0.0239. The molecule has 0 aliphatic carbocycles. The number of nitrogens with zero attached hydrogens (tertiary/aromatic N) is 2. The number of rotatable bonds is 5. The number of anilines is 1. The topological polar surface area (TPSA) is 80.6 Å². The van der Waals surface area contributed by atoms with E-state index >= 15 is 0 Å². The molecule has 0 saturated carbocycles. The fraction of sp³-hybridized carbons (Fsp3) is 0.312. The molecule has 0 fully saturated rings. The molecule has 1 aromatic heterocycles. The quantitative estimate of drug-likeness (QED) is 0.859. The molecule has 2 aromatic rings. The molecular weight excluding hydrogens is 366 g/mol. The molecule has 7 nitrogen and oxygen atoms in total. The summed E-state index contributed by atoms with van der Waals surface area (Å²) in [5.41, 5.74) is 0.604. The fourth-order valence-corrected chi connectivity index (χ4v) is 4.02. The summed E-state index contributed by atoms with van der Waals surface area (Å²) in [6, 6.07) is 6.04. The lowest BCUT2D eigenvalue weighted by Gasteiger charge is -2.26. The molecule has 3 rings (SSSR count). The monoisotopic (exact) mass is 383 g/mol. The van der Waals surface area contributed by atoms with Gasteiger partial charge in [-0.15, -0.1) is 0 Å². The van der Waals surface area contributed by atoms with Crippen LogP contribution in [-0.4, -0.2) is 44.0 Å². The van der Waals surface area contributed by atoms with Gasteiger partial charge in [0.05, 0.1) is 12.8 Å². The number of carbonyl (C=O) groups excluding carboxylic acids is 1. The second kappa shape index (κ2) is 6.61. The third kappa shape index (κ3) is 3.32. The molecule has 0 spiro atoms. The number of fused-ring (bicyclic) bond motifs is 1. The number of nitrogens with one attached hydrogen (secondary N) is 1. The largest absolute Gasteiger partial charge is 0.495 e. The SMILES string of the molecule is CCN1CCn2cc(S(=O)(=O)Nc3cc(Cl)ccc3OC)cc2C1=O. The Balaban J connectivity index is 1.95. The van der Waals surface area contributed by atoms with Gasteiger partial charge in [0.2, 0.25) is 0 Å². The molecule has 1 aromatic carbocycles. The molecule has 1 aliphatic heterocycles. The van der Waals surface area contributed by atoms with E-state index in [1.807, 2.05) is 6.92 Å². The van der Waals surface area contributed by atoms with Crippen LogP contribution >= 0.6 is 11.6 Å². The minimum atomic E-state index is -3.88. The van der Waals surface area contributed by atoms with E-state index in [1.165, 1.54) is 25.4 Å². The van der Waals surface area contributed by atoms with Gasteiger partial charge >= 0.3 is 0 Å². The van der Waals surface area contributed by atoms with Gasteiger partial charge in [0.15, 0.2) is 0 Å². The highest BCUT2D eigenvalue weighted by atomic mass is 35.5. The Morgan fingerprint density at radius 1 is 1.28 bits per heavy atom. The predicted molar refractivity (Wildman–Crippen MR) is 94.8 cm³/mol. The number of sulfonamides is 1. The van der Waals surface area contributed by atoms with Crippen molar-refractivity contribution < 1.29 is 17.9 Å². The first-order valence-electron chi connectivity index (χ1n) is 7.71. The highest BCUT2D eigenvalue weighted by Crippen LogP contribution is 2.30. The molecule has 1 N–H and O–H groups in total. The molecule has 1 aliphatic rings. The van der Waals surface area contributed by atoms with E-state index in [4.69, 9.17) is 16.3 Å². The molecule has 2 heterocycles. The van der Waals surface area contributed by atoms with Crippen LogP contribution in [0.15, 0.2) is 35.4 Å². The van der Waals surface area contributed by atoms with E-state index in [2.05, 4.69) is 4.72 Å². The van der Waals surface area contributed by atoms with Crippen LogP contribution in [0.4, 0.5) is 5.69 Å². The second-order valence-electron chi connectivity index (χ2n) is 5.59. The van der Waals surface area contributed by atoms with Crippen molar-refractivity contribution in [1.82, 2.24) is 9.47 Å². The molecule has 0 saturated heterocycles. The van der Waals surface area contributed by atoms with Crippen molar-refractivity contribution >= 4 is 33.2 Å². The van der Waals surface area contributed by atoms with Gasteiger partial charge in [-0.05, 0) is 31.2 Å². The Labute approximate surface area is 151 Å². The zero-order valence-corrected chi connectivity index (χ0v) is 15.4. The summed E-state index contributed by atoms with van der Waals surface area (Å²) in [5, 5.41) is 0.378. The maximum Gasteiger partial charge on any atom is 0.270 e. The van der Waals surface area contributed by atoms with E-state index in [-0.39, 0.29) is 16.5 Å². The lowest BCUT2D eigenvalue weighted by molar-refractivity contribution is 0.0715. The van der Waals surface area contributed by atoms with E-state index < -0.39 is 10.0 Å². The van der Waals surface area contributed by atoms with Gasteiger partial charge in [-0.2, -0.15) is 0 Å². The fourth-order valence-electron chi connectivity index (χ4n) is 2.75. The summed E-state index contributed by atoms with van der Waals surface area (Å²) in [5.74, 6) is 0.181. The predicted octanol–water partition coefficient (Wildman–Crippen LogP) is 2.43. The van der Waals surface area contributed by atoms with Gasteiger partial charge in [-0.25, -0.2) is 8.42 Å². The summed E-state index contributed by atoms with van der Waals surface area (Å²) in [4.78, 5) is 14.0. The third-order valence-electron chi connectivity index (χ3n) is 4.09. The molecule has 0 radical (unpaired) electrons. The molecule has 25 heavy (non-hydrogen) atoms. The van der Waals surface area contributed by atoms with Crippen LogP contribution in [-0.2, 0) is 16.6 Å². The second-order valence-corrected chi connectivity index (χ2v) is 7.71. The smallest absolute Gasteiger partial charge is 0.270 e. The van der Waals surface area contributed by atoms with Crippen LogP contribution in [0.1, 0.15) is 17.4 Å². The summed E-state index contributed by atoms with van der Waals surface area (Å²) >= 11 is 5.94. The zero-order valence-electron chi connectivity index (χ0n) is 13.8. The lowest BCUT2D eigenvalue weighted by atomic mass is 10.3. The molecule has 0 atom stereocenters. The number of benzene rings is 1.